The SMILES string of the molecule is Cc1ccc([N+](=O)[O-])c([N+]#N)c1.F[B-](F)(F)F. The lowest BCUT2D eigenvalue weighted by Gasteiger charge is -1.94. The van der Waals surface area contributed by atoms with Crippen molar-refractivity contribution in [3.8, 4) is 0 Å². The maximum atomic E-state index is 10.3. The molecule has 0 N–H and O–H groups in total. The van der Waals surface area contributed by atoms with Gasteiger partial charge in [-0.05, 0) is 12.5 Å². The van der Waals surface area contributed by atoms with Crippen LogP contribution < -0.4 is 0 Å². The lowest BCUT2D eigenvalue weighted by Crippen LogP contribution is -2.02. The van der Waals surface area contributed by atoms with E-state index >= 15 is 0 Å². The minimum atomic E-state index is -6.00. The molecule has 0 saturated heterocycles. The Labute approximate surface area is 92.9 Å². The molecule has 0 aliphatic rings. The first kappa shape index (κ1) is 14.8. The lowest BCUT2D eigenvalue weighted by molar-refractivity contribution is -0.383. The lowest BCUT2D eigenvalue weighted by atomic mass is 10.2. The van der Waals surface area contributed by atoms with Crippen LogP contribution in [0, 0.1) is 22.4 Å². The fourth-order valence-corrected chi connectivity index (χ4v) is 0.868. The smallest absolute Gasteiger partial charge is 0.418 e. The highest BCUT2D eigenvalue weighted by molar-refractivity contribution is 6.50. The Balaban J connectivity index is 0.000000437. The molecule has 0 aromatic heterocycles. The first-order valence-corrected chi connectivity index (χ1v) is 4.12. The first-order chi connectivity index (χ1) is 7.65. The normalized spacial score (nSPS) is 9.88. The van der Waals surface area contributed by atoms with E-state index in [4.69, 9.17) is 5.39 Å². The molecule has 0 fully saturated rings. The van der Waals surface area contributed by atoms with Crippen molar-refractivity contribution < 1.29 is 22.2 Å². The number of nitro benzene ring substituents is 1. The van der Waals surface area contributed by atoms with Crippen LogP contribution in [0.2, 0.25) is 0 Å². The van der Waals surface area contributed by atoms with Gasteiger partial charge in [0, 0.05) is 12.1 Å². The zero-order chi connectivity index (χ0) is 13.6. The molecular formula is C7H6BF4N3O2. The van der Waals surface area contributed by atoms with E-state index in [1.165, 1.54) is 12.1 Å². The highest BCUT2D eigenvalue weighted by Crippen LogP contribution is 2.27. The zero-order valence-corrected chi connectivity index (χ0v) is 8.48. The molecule has 92 valence electrons. The van der Waals surface area contributed by atoms with Gasteiger partial charge in [-0.2, -0.15) is 0 Å². The van der Waals surface area contributed by atoms with Crippen molar-refractivity contribution >= 4 is 18.6 Å². The van der Waals surface area contributed by atoms with Crippen LogP contribution in [0.15, 0.2) is 18.2 Å². The van der Waals surface area contributed by atoms with E-state index in [9.17, 15) is 27.4 Å². The second kappa shape index (κ2) is 5.79. The van der Waals surface area contributed by atoms with Gasteiger partial charge in [0.1, 0.15) is 0 Å². The Hall–Kier alpha value is -2.18. The van der Waals surface area contributed by atoms with E-state index in [0.29, 0.717) is 0 Å². The molecule has 0 saturated carbocycles. The topological polar surface area (TPSA) is 71.3 Å². The van der Waals surface area contributed by atoms with Crippen molar-refractivity contribution in [2.75, 3.05) is 0 Å². The summed E-state index contributed by atoms with van der Waals surface area (Å²) < 4.78 is 39.0. The third kappa shape index (κ3) is 6.83. The fraction of sp³-hybridized carbons (Fsp3) is 0.143. The van der Waals surface area contributed by atoms with Crippen LogP contribution in [-0.2, 0) is 0 Å². The second-order valence-corrected chi connectivity index (χ2v) is 2.84. The molecule has 0 bridgehead atoms. The number of rotatable bonds is 1. The number of diazo groups is 1. The molecule has 1 aromatic rings. The number of nitro groups is 1. The quantitative estimate of drug-likeness (QED) is 0.251. The summed E-state index contributed by atoms with van der Waals surface area (Å²) >= 11 is 0. The van der Waals surface area contributed by atoms with Crippen molar-refractivity contribution in [3.05, 3.63) is 38.9 Å². The van der Waals surface area contributed by atoms with Gasteiger partial charge in [-0.25, -0.2) is 0 Å². The second-order valence-electron chi connectivity index (χ2n) is 2.84. The van der Waals surface area contributed by atoms with Gasteiger partial charge in [-0.3, -0.25) is 10.1 Å². The number of hydrogen-bond donors (Lipinski definition) is 0. The molecule has 0 aliphatic heterocycles. The first-order valence-electron chi connectivity index (χ1n) is 4.12. The Morgan fingerprint density at radius 1 is 1.35 bits per heavy atom. The Bertz CT molecular complexity index is 451. The van der Waals surface area contributed by atoms with Crippen LogP contribution in [0.25, 0.3) is 4.98 Å². The molecule has 5 nitrogen and oxygen atoms in total. The number of benzene rings is 1. The van der Waals surface area contributed by atoms with Crippen molar-refractivity contribution in [1.29, 1.82) is 5.39 Å². The summed E-state index contributed by atoms with van der Waals surface area (Å²) in [5.41, 5.74) is 0.608. The van der Waals surface area contributed by atoms with E-state index in [1.54, 1.807) is 13.0 Å². The average Bonchev–Trinajstić information content (AvgIpc) is 2.14. The van der Waals surface area contributed by atoms with Gasteiger partial charge in [0.2, 0.25) is 5.39 Å². The highest BCUT2D eigenvalue weighted by Gasteiger charge is 2.23. The third-order valence-corrected chi connectivity index (χ3v) is 1.44. The van der Waals surface area contributed by atoms with Crippen LogP contribution >= 0.6 is 0 Å². The van der Waals surface area contributed by atoms with Gasteiger partial charge in [-0.15, -0.1) is 0 Å². The van der Waals surface area contributed by atoms with Crippen molar-refractivity contribution in [1.82, 2.24) is 0 Å². The third-order valence-electron chi connectivity index (χ3n) is 1.44. The van der Waals surface area contributed by atoms with Gasteiger partial charge < -0.3 is 17.3 Å². The van der Waals surface area contributed by atoms with Gasteiger partial charge in [0.15, 0.2) is 4.98 Å². The maximum Gasteiger partial charge on any atom is 0.673 e. The van der Waals surface area contributed by atoms with Crippen LogP contribution in [0.1, 0.15) is 5.56 Å². The largest absolute Gasteiger partial charge is 0.673 e. The molecule has 17 heavy (non-hydrogen) atoms. The van der Waals surface area contributed by atoms with Gasteiger partial charge in [0.25, 0.3) is 0 Å². The maximum absolute atomic E-state index is 10.3. The summed E-state index contributed by atoms with van der Waals surface area (Å²) in [4.78, 5) is 12.5. The molecule has 1 rings (SSSR count). The molecule has 1 aromatic carbocycles. The van der Waals surface area contributed by atoms with Crippen LogP contribution in [0.4, 0.5) is 28.6 Å². The summed E-state index contributed by atoms with van der Waals surface area (Å²) in [6.45, 7) is 1.76. The van der Waals surface area contributed by atoms with E-state index in [0.717, 1.165) is 5.56 Å². The summed E-state index contributed by atoms with van der Waals surface area (Å²) in [5, 5.41) is 18.7. The van der Waals surface area contributed by atoms with E-state index < -0.39 is 12.2 Å². The summed E-state index contributed by atoms with van der Waals surface area (Å²) in [6.07, 6.45) is 0. The van der Waals surface area contributed by atoms with E-state index in [2.05, 4.69) is 4.98 Å². The van der Waals surface area contributed by atoms with Crippen molar-refractivity contribution in [3.63, 3.8) is 0 Å². The molecule has 0 heterocycles. The van der Waals surface area contributed by atoms with Gasteiger partial charge >= 0.3 is 18.6 Å². The average molecular weight is 251 g/mol. The van der Waals surface area contributed by atoms with Gasteiger partial charge in [0.05, 0.1) is 4.92 Å². The number of halogens is 4. The number of hydrogen-bond acceptors (Lipinski definition) is 3. The van der Waals surface area contributed by atoms with E-state index in [-0.39, 0.29) is 11.4 Å². The summed E-state index contributed by atoms with van der Waals surface area (Å²) in [6, 6.07) is 4.34. The monoisotopic (exact) mass is 251 g/mol. The standard InChI is InChI=1S/C7H6N3O2.BF4/c1-5-2-3-7(10(11)12)6(4-5)9-8;2-1(3,4)5/h2-4H,1H3;/q+1;-1. The predicted molar refractivity (Wildman–Crippen MR) is 52.8 cm³/mol. The van der Waals surface area contributed by atoms with Gasteiger partial charge in [-0.1, -0.05) is 6.07 Å². The van der Waals surface area contributed by atoms with Crippen molar-refractivity contribution in [2.24, 2.45) is 0 Å². The molecule has 0 atom stereocenters. The molecule has 0 aliphatic carbocycles. The summed E-state index contributed by atoms with van der Waals surface area (Å²) in [5.74, 6) is 0. The Kier molecular flexibility index (Phi) is 5.05. The van der Waals surface area contributed by atoms with E-state index in [1.807, 2.05) is 0 Å². The molecule has 0 unspecified atom stereocenters. The highest BCUT2D eigenvalue weighted by atomic mass is 19.5. The number of aryl methyl sites for hydroxylation is 1. The Morgan fingerprint density at radius 3 is 2.18 bits per heavy atom. The molecular weight excluding hydrogens is 245 g/mol. The Morgan fingerprint density at radius 2 is 1.82 bits per heavy atom. The molecule has 0 spiro atoms. The predicted octanol–water partition coefficient (Wildman–Crippen LogP) is 3.69. The minimum Gasteiger partial charge on any atom is -0.418 e. The number of nitrogens with zero attached hydrogens (tertiary/aromatic N) is 3. The fourth-order valence-electron chi connectivity index (χ4n) is 0.868. The molecule has 0 radical (unpaired) electrons. The minimum absolute atomic E-state index is 0.0139. The molecule has 0 amide bonds. The van der Waals surface area contributed by atoms with Crippen molar-refractivity contribution in [2.45, 2.75) is 6.92 Å². The van der Waals surface area contributed by atoms with Crippen LogP contribution in [0.5, 0.6) is 0 Å². The van der Waals surface area contributed by atoms with Crippen LogP contribution in [0.3, 0.4) is 0 Å². The summed E-state index contributed by atoms with van der Waals surface area (Å²) in [7, 11) is -6.00. The van der Waals surface area contributed by atoms with Crippen LogP contribution in [-0.4, -0.2) is 12.2 Å². The molecule has 10 heteroatoms. The zero-order valence-electron chi connectivity index (χ0n) is 8.48.